The average Bonchev–Trinajstić information content (AvgIpc) is 2.38. The minimum absolute atomic E-state index is 0.0390. The molecular weight excluding hydrogens is 348 g/mol. The zero-order valence-electron chi connectivity index (χ0n) is 10.9. The average molecular weight is 361 g/mol. The van der Waals surface area contributed by atoms with Crippen molar-refractivity contribution in [1.29, 1.82) is 5.26 Å². The first-order valence-electron chi connectivity index (χ1n) is 5.59. The highest BCUT2D eigenvalue weighted by Gasteiger charge is 2.24. The second-order valence-corrected chi connectivity index (χ2v) is 7.16. The van der Waals surface area contributed by atoms with E-state index in [-0.39, 0.29) is 17.0 Å². The number of nitrogens with zero attached hydrogens (tertiary/aromatic N) is 2. The van der Waals surface area contributed by atoms with Gasteiger partial charge in [-0.1, -0.05) is 0 Å². The van der Waals surface area contributed by atoms with E-state index in [0.29, 0.717) is 4.47 Å². The van der Waals surface area contributed by atoms with Crippen molar-refractivity contribution in [3.05, 3.63) is 28.2 Å². The summed E-state index contributed by atoms with van der Waals surface area (Å²) < 4.78 is 25.9. The highest BCUT2D eigenvalue weighted by atomic mass is 79.9. The van der Waals surface area contributed by atoms with Crippen LogP contribution in [0.25, 0.3) is 0 Å². The monoisotopic (exact) mass is 360 g/mol. The molecule has 1 atom stereocenters. The Morgan fingerprint density at radius 2 is 2.15 bits per heavy atom. The van der Waals surface area contributed by atoms with Crippen LogP contribution in [0, 0.1) is 17.2 Å². The van der Waals surface area contributed by atoms with E-state index in [2.05, 4.69) is 15.9 Å². The van der Waals surface area contributed by atoms with Gasteiger partial charge in [0.05, 0.1) is 22.4 Å². The normalized spacial score (nSPS) is 12.9. The number of carbonyl (C=O) groups is 1. The summed E-state index contributed by atoms with van der Waals surface area (Å²) in [7, 11) is -2.47. The number of rotatable bonds is 5. The molecule has 20 heavy (non-hydrogen) atoms. The fourth-order valence-corrected chi connectivity index (χ4v) is 3.24. The maximum atomic E-state index is 12.3. The van der Waals surface area contributed by atoms with Crippen molar-refractivity contribution in [2.24, 2.45) is 5.92 Å². The Morgan fingerprint density at radius 3 is 2.65 bits per heavy atom. The Morgan fingerprint density at radius 1 is 1.55 bits per heavy atom. The number of sulfonamides is 1. The number of carboxylic acid groups (broad SMARTS) is 1. The van der Waals surface area contributed by atoms with Crippen LogP contribution in [0.4, 0.5) is 0 Å². The highest BCUT2D eigenvalue weighted by Crippen LogP contribution is 2.23. The van der Waals surface area contributed by atoms with Gasteiger partial charge >= 0.3 is 5.97 Å². The molecule has 0 bridgehead atoms. The lowest BCUT2D eigenvalue weighted by Gasteiger charge is -2.18. The summed E-state index contributed by atoms with van der Waals surface area (Å²) in [6.07, 6.45) is 0. The predicted molar refractivity (Wildman–Crippen MR) is 75.7 cm³/mol. The molecule has 1 unspecified atom stereocenters. The van der Waals surface area contributed by atoms with E-state index in [1.54, 1.807) is 6.92 Å². The number of hydrogen-bond acceptors (Lipinski definition) is 4. The third-order valence-electron chi connectivity index (χ3n) is 2.63. The third-order valence-corrected chi connectivity index (χ3v) is 5.14. The van der Waals surface area contributed by atoms with E-state index in [9.17, 15) is 13.2 Å². The van der Waals surface area contributed by atoms with Crippen LogP contribution in [0.3, 0.4) is 0 Å². The van der Waals surface area contributed by atoms with Crippen molar-refractivity contribution in [3.8, 4) is 6.07 Å². The molecule has 1 aromatic carbocycles. The molecule has 1 rings (SSSR count). The second-order valence-electron chi connectivity index (χ2n) is 4.26. The lowest BCUT2D eigenvalue weighted by atomic mass is 10.2. The maximum absolute atomic E-state index is 12.3. The quantitative estimate of drug-likeness (QED) is 0.864. The topological polar surface area (TPSA) is 98.5 Å². The van der Waals surface area contributed by atoms with Crippen molar-refractivity contribution >= 4 is 31.9 Å². The van der Waals surface area contributed by atoms with Crippen molar-refractivity contribution in [2.45, 2.75) is 11.8 Å². The van der Waals surface area contributed by atoms with Gasteiger partial charge < -0.3 is 5.11 Å². The maximum Gasteiger partial charge on any atom is 0.336 e. The summed E-state index contributed by atoms with van der Waals surface area (Å²) in [6, 6.07) is 5.73. The molecule has 108 valence electrons. The third kappa shape index (κ3) is 3.56. The van der Waals surface area contributed by atoms with E-state index in [1.165, 1.54) is 19.2 Å². The van der Waals surface area contributed by atoms with Crippen molar-refractivity contribution in [3.63, 3.8) is 0 Å². The van der Waals surface area contributed by atoms with E-state index >= 15 is 0 Å². The first-order chi connectivity index (χ1) is 9.20. The second kappa shape index (κ2) is 6.35. The summed E-state index contributed by atoms with van der Waals surface area (Å²) in [5, 5.41) is 17.7. The number of benzene rings is 1. The van der Waals surface area contributed by atoms with Crippen LogP contribution < -0.4 is 0 Å². The zero-order valence-corrected chi connectivity index (χ0v) is 13.3. The van der Waals surface area contributed by atoms with Gasteiger partial charge in [-0.3, -0.25) is 0 Å². The van der Waals surface area contributed by atoms with Crippen LogP contribution in [-0.4, -0.2) is 37.4 Å². The van der Waals surface area contributed by atoms with E-state index < -0.39 is 21.9 Å². The molecule has 0 spiro atoms. The summed E-state index contributed by atoms with van der Waals surface area (Å²) in [4.78, 5) is 10.9. The number of halogens is 1. The van der Waals surface area contributed by atoms with E-state index in [4.69, 9.17) is 10.4 Å². The molecule has 0 aliphatic heterocycles. The van der Waals surface area contributed by atoms with Crippen molar-refractivity contribution < 1.29 is 18.3 Å². The first kappa shape index (κ1) is 16.6. The Balaban J connectivity index is 3.20. The van der Waals surface area contributed by atoms with Gasteiger partial charge in [-0.25, -0.2) is 13.2 Å². The Labute approximate surface area is 125 Å². The Kier molecular flexibility index (Phi) is 5.28. The molecule has 0 aliphatic carbocycles. The largest absolute Gasteiger partial charge is 0.478 e. The molecule has 8 heteroatoms. The van der Waals surface area contributed by atoms with Gasteiger partial charge in [-0.05, 0) is 41.1 Å². The smallest absolute Gasteiger partial charge is 0.336 e. The zero-order chi connectivity index (χ0) is 15.5. The van der Waals surface area contributed by atoms with Crippen molar-refractivity contribution in [2.75, 3.05) is 13.6 Å². The Hall–Kier alpha value is -1.43. The van der Waals surface area contributed by atoms with Crippen LogP contribution in [0.1, 0.15) is 17.3 Å². The molecule has 1 N–H and O–H groups in total. The minimum atomic E-state index is -3.82. The summed E-state index contributed by atoms with van der Waals surface area (Å²) in [6.45, 7) is 1.65. The number of aromatic carboxylic acids is 1. The highest BCUT2D eigenvalue weighted by molar-refractivity contribution is 9.10. The van der Waals surface area contributed by atoms with Crippen LogP contribution >= 0.6 is 15.9 Å². The molecule has 6 nitrogen and oxygen atoms in total. The van der Waals surface area contributed by atoms with Gasteiger partial charge in [0, 0.05) is 18.1 Å². The standard InChI is InChI=1S/C12H13BrN2O4S/c1-8(6-14)7-15(2)20(18,19)9-3-4-11(13)10(5-9)12(16)17/h3-5,8H,7H2,1-2H3,(H,16,17). The van der Waals surface area contributed by atoms with Gasteiger partial charge in [0.15, 0.2) is 0 Å². The lowest BCUT2D eigenvalue weighted by Crippen LogP contribution is -2.31. The molecule has 0 heterocycles. The molecule has 0 aliphatic rings. The van der Waals surface area contributed by atoms with E-state index in [1.807, 2.05) is 6.07 Å². The molecule has 0 radical (unpaired) electrons. The van der Waals surface area contributed by atoms with Crippen LogP contribution in [0.5, 0.6) is 0 Å². The molecule has 1 aromatic rings. The predicted octanol–water partition coefficient (Wildman–Crippen LogP) is 1.93. The fraction of sp³-hybridized carbons (Fsp3) is 0.333. The lowest BCUT2D eigenvalue weighted by molar-refractivity contribution is 0.0695. The van der Waals surface area contributed by atoms with Crippen LogP contribution in [0.15, 0.2) is 27.6 Å². The minimum Gasteiger partial charge on any atom is -0.478 e. The van der Waals surface area contributed by atoms with Gasteiger partial charge in [0.1, 0.15) is 0 Å². The van der Waals surface area contributed by atoms with Gasteiger partial charge in [-0.2, -0.15) is 9.57 Å². The SMILES string of the molecule is CC(C#N)CN(C)S(=O)(=O)c1ccc(Br)c(C(=O)O)c1. The van der Waals surface area contributed by atoms with Crippen molar-refractivity contribution in [1.82, 2.24) is 4.31 Å². The van der Waals surface area contributed by atoms with Crippen LogP contribution in [-0.2, 0) is 10.0 Å². The van der Waals surface area contributed by atoms with E-state index in [0.717, 1.165) is 10.4 Å². The first-order valence-corrected chi connectivity index (χ1v) is 7.82. The molecule has 0 aromatic heterocycles. The fourth-order valence-electron chi connectivity index (χ4n) is 1.53. The number of hydrogen-bond donors (Lipinski definition) is 1. The van der Waals surface area contributed by atoms with Crippen LogP contribution in [0.2, 0.25) is 0 Å². The number of nitriles is 1. The van der Waals surface area contributed by atoms with Gasteiger partial charge in [-0.15, -0.1) is 0 Å². The molecule has 0 saturated carbocycles. The summed E-state index contributed by atoms with van der Waals surface area (Å²) in [5.74, 6) is -1.67. The molecular formula is C12H13BrN2O4S. The van der Waals surface area contributed by atoms with Gasteiger partial charge in [0.25, 0.3) is 0 Å². The summed E-state index contributed by atoms with van der Waals surface area (Å²) >= 11 is 3.05. The molecule has 0 fully saturated rings. The Bertz CT molecular complexity index is 667. The number of carboxylic acids is 1. The molecule has 0 amide bonds. The summed E-state index contributed by atoms with van der Waals surface area (Å²) in [5.41, 5.74) is -0.132. The molecule has 0 saturated heterocycles. The van der Waals surface area contributed by atoms with Gasteiger partial charge in [0.2, 0.25) is 10.0 Å².